The quantitative estimate of drug-likeness (QED) is 0.690. The zero-order chi connectivity index (χ0) is 15.1. The van der Waals surface area contributed by atoms with Gasteiger partial charge in [-0.3, -0.25) is 0 Å². The van der Waals surface area contributed by atoms with Crippen LogP contribution in [-0.2, 0) is 6.54 Å². The molecule has 2 amide bonds. The molecule has 2 rings (SSSR count). The highest BCUT2D eigenvalue weighted by Crippen LogP contribution is 2.13. The highest BCUT2D eigenvalue weighted by Gasteiger charge is 2.21. The predicted molar refractivity (Wildman–Crippen MR) is 81.1 cm³/mol. The Morgan fingerprint density at radius 1 is 1.24 bits per heavy atom. The van der Waals surface area contributed by atoms with E-state index in [2.05, 4.69) is 11.0 Å². The van der Waals surface area contributed by atoms with Crippen molar-refractivity contribution < 1.29 is 4.79 Å². The van der Waals surface area contributed by atoms with Crippen molar-refractivity contribution in [1.29, 1.82) is 5.26 Å². The molecular formula is C15H19ClN4O. The van der Waals surface area contributed by atoms with E-state index in [0.29, 0.717) is 12.1 Å². The zero-order valence-corrected chi connectivity index (χ0v) is 12.6. The summed E-state index contributed by atoms with van der Waals surface area (Å²) in [6.45, 7) is 1.92. The van der Waals surface area contributed by atoms with Crippen molar-refractivity contribution in [2.75, 3.05) is 13.1 Å². The number of nitrogens with zero attached hydrogens (tertiary/aromatic N) is 3. The summed E-state index contributed by atoms with van der Waals surface area (Å²) in [5.41, 5.74) is 1.52. The van der Waals surface area contributed by atoms with Gasteiger partial charge in [0.05, 0.1) is 18.2 Å². The van der Waals surface area contributed by atoms with E-state index < -0.39 is 0 Å². The van der Waals surface area contributed by atoms with Crippen molar-refractivity contribution in [2.24, 2.45) is 0 Å². The summed E-state index contributed by atoms with van der Waals surface area (Å²) in [7, 11) is 0. The number of hydrogen-bond donors (Lipinski definition) is 1. The number of carbonyl (C=O) groups is 1. The lowest BCUT2D eigenvalue weighted by Gasteiger charge is -2.28. The van der Waals surface area contributed by atoms with Crippen molar-refractivity contribution in [3.8, 4) is 6.07 Å². The molecule has 0 bridgehead atoms. The van der Waals surface area contributed by atoms with Crippen molar-refractivity contribution in [3.05, 3.63) is 35.4 Å². The fraction of sp³-hybridized carbons (Fsp3) is 0.467. The fourth-order valence-corrected chi connectivity index (χ4v) is 2.57. The van der Waals surface area contributed by atoms with Gasteiger partial charge < -0.3 is 4.90 Å². The van der Waals surface area contributed by atoms with Crippen LogP contribution in [0.3, 0.4) is 0 Å². The molecule has 1 fully saturated rings. The van der Waals surface area contributed by atoms with Gasteiger partial charge in [0.25, 0.3) is 0 Å². The summed E-state index contributed by atoms with van der Waals surface area (Å²) >= 11 is 5.71. The molecule has 0 aliphatic carbocycles. The van der Waals surface area contributed by atoms with Gasteiger partial charge >= 0.3 is 6.03 Å². The Labute approximate surface area is 130 Å². The second kappa shape index (κ2) is 7.87. The maximum absolute atomic E-state index is 12.5. The van der Waals surface area contributed by atoms with Gasteiger partial charge in [-0.05, 0) is 42.3 Å². The number of urea groups is 1. The number of nitrogens with one attached hydrogen (secondary N) is 1. The van der Waals surface area contributed by atoms with Gasteiger partial charge in [0.1, 0.15) is 0 Å². The zero-order valence-electron chi connectivity index (χ0n) is 11.9. The molecule has 0 radical (unpaired) electrons. The van der Waals surface area contributed by atoms with Crippen LogP contribution in [0.2, 0.25) is 0 Å². The first-order chi connectivity index (χ1) is 10.2. The Morgan fingerprint density at radius 2 is 1.86 bits per heavy atom. The second-order valence-corrected chi connectivity index (χ2v) is 5.33. The molecule has 1 N–H and O–H groups in total. The number of hydrazine groups is 1. The van der Waals surface area contributed by atoms with E-state index in [1.807, 2.05) is 17.0 Å². The third-order valence-electron chi connectivity index (χ3n) is 3.63. The highest BCUT2D eigenvalue weighted by atomic mass is 35.5. The van der Waals surface area contributed by atoms with Crippen LogP contribution in [0.1, 0.15) is 36.8 Å². The molecule has 0 spiro atoms. The van der Waals surface area contributed by atoms with Crippen molar-refractivity contribution in [2.45, 2.75) is 32.2 Å². The van der Waals surface area contributed by atoms with E-state index in [9.17, 15) is 4.79 Å². The molecular weight excluding hydrogens is 288 g/mol. The van der Waals surface area contributed by atoms with Crippen LogP contribution in [0.25, 0.3) is 0 Å². The summed E-state index contributed by atoms with van der Waals surface area (Å²) in [6.07, 6.45) is 4.43. The Bertz CT molecular complexity index is 503. The Morgan fingerprint density at radius 3 is 2.38 bits per heavy atom. The fourth-order valence-electron chi connectivity index (χ4n) is 2.43. The van der Waals surface area contributed by atoms with E-state index in [1.54, 1.807) is 12.1 Å². The standard InChI is InChI=1S/C15H19ClN4O/c16-18-20(12-14-7-5-13(11-17)6-8-14)15(21)19-9-3-1-2-4-10-19/h5-8,18H,1-4,9-10,12H2. The number of benzene rings is 1. The molecule has 1 aliphatic heterocycles. The Balaban J connectivity index is 2.00. The molecule has 6 heteroatoms. The maximum Gasteiger partial charge on any atom is 0.335 e. The normalized spacial score (nSPS) is 15.1. The first kappa shape index (κ1) is 15.6. The average Bonchev–Trinajstić information content (AvgIpc) is 2.81. The summed E-state index contributed by atoms with van der Waals surface area (Å²) in [5, 5.41) is 10.2. The van der Waals surface area contributed by atoms with Gasteiger partial charge in [0.2, 0.25) is 0 Å². The minimum absolute atomic E-state index is 0.101. The molecule has 1 heterocycles. The molecule has 1 aromatic carbocycles. The number of hydrogen-bond acceptors (Lipinski definition) is 3. The molecule has 1 aromatic rings. The van der Waals surface area contributed by atoms with Gasteiger partial charge in [0.15, 0.2) is 0 Å². The number of halogens is 1. The molecule has 0 aromatic heterocycles. The van der Waals surface area contributed by atoms with Gasteiger partial charge in [-0.1, -0.05) is 25.0 Å². The molecule has 0 atom stereocenters. The SMILES string of the molecule is N#Cc1ccc(CN(NCl)C(=O)N2CCCCCC2)cc1. The molecule has 21 heavy (non-hydrogen) atoms. The lowest BCUT2D eigenvalue weighted by Crippen LogP contribution is -2.47. The largest absolute Gasteiger partial charge is 0.335 e. The van der Waals surface area contributed by atoms with Gasteiger partial charge in [0, 0.05) is 13.1 Å². The highest BCUT2D eigenvalue weighted by molar-refractivity contribution is 6.13. The Kier molecular flexibility index (Phi) is 5.85. The lowest BCUT2D eigenvalue weighted by molar-refractivity contribution is 0.143. The van der Waals surface area contributed by atoms with Crippen molar-refractivity contribution in [3.63, 3.8) is 0 Å². The topological polar surface area (TPSA) is 59.4 Å². The van der Waals surface area contributed by atoms with E-state index in [0.717, 1.165) is 31.5 Å². The molecule has 0 unspecified atom stereocenters. The minimum Gasteiger partial charge on any atom is -0.324 e. The Hall–Kier alpha value is -1.77. The average molecular weight is 307 g/mol. The number of nitriles is 1. The third kappa shape index (κ3) is 4.35. The van der Waals surface area contributed by atoms with E-state index in [-0.39, 0.29) is 6.03 Å². The van der Waals surface area contributed by atoms with Crippen LogP contribution >= 0.6 is 11.8 Å². The van der Waals surface area contributed by atoms with E-state index in [1.165, 1.54) is 17.9 Å². The van der Waals surface area contributed by atoms with E-state index >= 15 is 0 Å². The summed E-state index contributed by atoms with van der Waals surface area (Å²) in [6, 6.07) is 9.10. The number of rotatable bonds is 3. The monoisotopic (exact) mass is 306 g/mol. The summed E-state index contributed by atoms with van der Waals surface area (Å²) < 4.78 is 0. The smallest absolute Gasteiger partial charge is 0.324 e. The van der Waals surface area contributed by atoms with Crippen molar-refractivity contribution >= 4 is 17.8 Å². The molecule has 0 saturated carbocycles. The van der Waals surface area contributed by atoms with Gasteiger partial charge in [-0.15, -0.1) is 4.94 Å². The van der Waals surface area contributed by atoms with Crippen LogP contribution < -0.4 is 4.94 Å². The summed E-state index contributed by atoms with van der Waals surface area (Å²) in [4.78, 5) is 16.7. The lowest BCUT2D eigenvalue weighted by atomic mass is 10.1. The minimum atomic E-state index is -0.101. The van der Waals surface area contributed by atoms with Crippen molar-refractivity contribution in [1.82, 2.24) is 14.9 Å². The van der Waals surface area contributed by atoms with Crippen LogP contribution in [0.4, 0.5) is 4.79 Å². The van der Waals surface area contributed by atoms with Gasteiger partial charge in [-0.2, -0.15) is 5.26 Å². The first-order valence-electron chi connectivity index (χ1n) is 7.16. The van der Waals surface area contributed by atoms with Crippen LogP contribution in [0, 0.1) is 11.3 Å². The van der Waals surface area contributed by atoms with Crippen LogP contribution in [0.15, 0.2) is 24.3 Å². The van der Waals surface area contributed by atoms with Crippen LogP contribution in [-0.4, -0.2) is 29.0 Å². The molecule has 112 valence electrons. The third-order valence-corrected chi connectivity index (χ3v) is 3.84. The van der Waals surface area contributed by atoms with E-state index in [4.69, 9.17) is 17.0 Å². The predicted octanol–water partition coefficient (Wildman–Crippen LogP) is 3.01. The number of amides is 2. The van der Waals surface area contributed by atoms with Crippen LogP contribution in [0.5, 0.6) is 0 Å². The first-order valence-corrected chi connectivity index (χ1v) is 7.54. The molecule has 5 nitrogen and oxygen atoms in total. The van der Waals surface area contributed by atoms with Gasteiger partial charge in [-0.25, -0.2) is 9.80 Å². The second-order valence-electron chi connectivity index (χ2n) is 5.16. The number of likely N-dealkylation sites (tertiary alicyclic amines) is 1. The number of carbonyl (C=O) groups excluding carboxylic acids is 1. The molecule has 1 saturated heterocycles. The summed E-state index contributed by atoms with van der Waals surface area (Å²) in [5.74, 6) is 0. The maximum atomic E-state index is 12.5. The molecule has 1 aliphatic rings.